The van der Waals surface area contributed by atoms with Gasteiger partial charge >= 0.3 is 0 Å². The SMILES string of the molecule is COCCN1C(=O)c2c(F)ccc(F)c2C(C(=O)Nc2cccc(OC)c2)C1c1cccs1. The predicted molar refractivity (Wildman–Crippen MR) is 121 cm³/mol. The van der Waals surface area contributed by atoms with Gasteiger partial charge in [-0.05, 0) is 35.7 Å². The maximum Gasteiger partial charge on any atom is 0.257 e. The van der Waals surface area contributed by atoms with E-state index in [0.29, 0.717) is 16.3 Å². The molecule has 0 saturated heterocycles. The van der Waals surface area contributed by atoms with Crippen molar-refractivity contribution >= 4 is 28.8 Å². The van der Waals surface area contributed by atoms with Crippen LogP contribution in [0.25, 0.3) is 0 Å². The van der Waals surface area contributed by atoms with Gasteiger partial charge in [0.2, 0.25) is 5.91 Å². The zero-order valence-corrected chi connectivity index (χ0v) is 18.8. The molecule has 6 nitrogen and oxygen atoms in total. The molecule has 33 heavy (non-hydrogen) atoms. The molecule has 2 heterocycles. The van der Waals surface area contributed by atoms with Crippen LogP contribution in [0.15, 0.2) is 53.9 Å². The molecule has 0 radical (unpaired) electrons. The van der Waals surface area contributed by atoms with E-state index in [2.05, 4.69) is 5.32 Å². The van der Waals surface area contributed by atoms with Gasteiger partial charge in [-0.3, -0.25) is 9.59 Å². The average Bonchev–Trinajstić information content (AvgIpc) is 3.34. The van der Waals surface area contributed by atoms with E-state index in [9.17, 15) is 14.0 Å². The molecular weight excluding hydrogens is 450 g/mol. The fourth-order valence-corrected chi connectivity index (χ4v) is 4.97. The summed E-state index contributed by atoms with van der Waals surface area (Å²) in [7, 11) is 2.98. The van der Waals surface area contributed by atoms with Gasteiger partial charge in [-0.2, -0.15) is 0 Å². The first-order valence-electron chi connectivity index (χ1n) is 10.2. The van der Waals surface area contributed by atoms with Crippen LogP contribution in [0.2, 0.25) is 0 Å². The highest BCUT2D eigenvalue weighted by Crippen LogP contribution is 2.46. The van der Waals surface area contributed by atoms with E-state index >= 15 is 4.39 Å². The minimum atomic E-state index is -1.19. The van der Waals surface area contributed by atoms with Gasteiger partial charge in [0.25, 0.3) is 5.91 Å². The maximum absolute atomic E-state index is 15.1. The number of nitrogens with one attached hydrogen (secondary N) is 1. The van der Waals surface area contributed by atoms with E-state index in [1.165, 1.54) is 30.5 Å². The number of fused-ring (bicyclic) bond motifs is 1. The number of carbonyl (C=O) groups excluding carboxylic acids is 2. The summed E-state index contributed by atoms with van der Waals surface area (Å²) in [6.07, 6.45) is 0. The molecule has 9 heteroatoms. The number of hydrogen-bond acceptors (Lipinski definition) is 5. The zero-order chi connectivity index (χ0) is 23.5. The highest BCUT2D eigenvalue weighted by Gasteiger charge is 2.47. The number of methoxy groups -OCH3 is 2. The predicted octanol–water partition coefficient (Wildman–Crippen LogP) is 4.60. The van der Waals surface area contributed by atoms with Crippen molar-refractivity contribution in [3.63, 3.8) is 0 Å². The molecule has 0 spiro atoms. The Kier molecular flexibility index (Phi) is 6.71. The van der Waals surface area contributed by atoms with Gasteiger partial charge < -0.3 is 19.7 Å². The quantitative estimate of drug-likeness (QED) is 0.546. The molecule has 0 saturated carbocycles. The molecule has 1 N–H and O–H groups in total. The van der Waals surface area contributed by atoms with Crippen molar-refractivity contribution in [2.24, 2.45) is 0 Å². The van der Waals surface area contributed by atoms with Crippen LogP contribution < -0.4 is 10.1 Å². The van der Waals surface area contributed by atoms with E-state index < -0.39 is 41.0 Å². The van der Waals surface area contributed by atoms with Crippen molar-refractivity contribution in [1.82, 2.24) is 4.90 Å². The zero-order valence-electron chi connectivity index (χ0n) is 18.0. The van der Waals surface area contributed by atoms with Crippen molar-refractivity contribution in [2.45, 2.75) is 12.0 Å². The molecule has 0 aliphatic carbocycles. The Morgan fingerprint density at radius 3 is 2.61 bits per heavy atom. The minimum absolute atomic E-state index is 0.107. The second-order valence-corrected chi connectivity index (χ2v) is 8.45. The summed E-state index contributed by atoms with van der Waals surface area (Å²) in [5.74, 6) is -3.58. The molecule has 1 aliphatic rings. The van der Waals surface area contributed by atoms with Crippen LogP contribution in [0.4, 0.5) is 14.5 Å². The van der Waals surface area contributed by atoms with Gasteiger partial charge in [-0.25, -0.2) is 8.78 Å². The topological polar surface area (TPSA) is 67.9 Å². The van der Waals surface area contributed by atoms with Crippen molar-refractivity contribution in [3.05, 3.63) is 81.5 Å². The van der Waals surface area contributed by atoms with Crippen molar-refractivity contribution in [2.75, 3.05) is 32.7 Å². The fourth-order valence-electron chi connectivity index (χ4n) is 4.10. The van der Waals surface area contributed by atoms with Crippen molar-refractivity contribution in [3.8, 4) is 5.75 Å². The Balaban J connectivity index is 1.86. The van der Waals surface area contributed by atoms with E-state index in [-0.39, 0.29) is 18.7 Å². The van der Waals surface area contributed by atoms with E-state index in [1.807, 2.05) is 5.38 Å². The average molecular weight is 473 g/mol. The first-order valence-corrected chi connectivity index (χ1v) is 11.1. The van der Waals surface area contributed by atoms with Crippen molar-refractivity contribution in [1.29, 1.82) is 0 Å². The molecule has 4 rings (SSSR count). The smallest absolute Gasteiger partial charge is 0.257 e. The number of hydrogen-bond donors (Lipinski definition) is 1. The first kappa shape index (κ1) is 22.9. The molecular formula is C24H22F2N2O4S. The van der Waals surface area contributed by atoms with Crippen LogP contribution in [0.3, 0.4) is 0 Å². The van der Waals surface area contributed by atoms with E-state index in [0.717, 1.165) is 12.1 Å². The summed E-state index contributed by atoms with van der Waals surface area (Å²) in [4.78, 5) is 29.0. The number of ether oxygens (including phenoxy) is 2. The number of nitrogens with zero attached hydrogens (tertiary/aromatic N) is 1. The summed E-state index contributed by atoms with van der Waals surface area (Å²) in [5, 5.41) is 4.59. The molecule has 2 aromatic carbocycles. The highest BCUT2D eigenvalue weighted by molar-refractivity contribution is 7.10. The molecule has 2 amide bonds. The Hall–Kier alpha value is -3.30. The molecule has 2 unspecified atom stereocenters. The second kappa shape index (κ2) is 9.68. The standard InChI is InChI=1S/C24H22F2N2O4S/c1-31-11-10-28-22(18-7-4-12-33-18)21(19-16(25)8-9-17(26)20(19)24(28)30)23(29)27-14-5-3-6-15(13-14)32-2/h3-9,12-13,21-22H,10-11H2,1-2H3,(H,27,29). The van der Waals surface area contributed by atoms with Gasteiger partial charge in [0.05, 0.1) is 31.2 Å². The number of amides is 2. The lowest BCUT2D eigenvalue weighted by molar-refractivity contribution is -0.119. The Morgan fingerprint density at radius 2 is 1.91 bits per heavy atom. The Bertz CT molecular complexity index is 1170. The van der Waals surface area contributed by atoms with Gasteiger partial charge in [0.15, 0.2) is 0 Å². The third kappa shape index (κ3) is 4.34. The van der Waals surface area contributed by atoms with E-state index in [1.54, 1.807) is 36.4 Å². The summed E-state index contributed by atoms with van der Waals surface area (Å²) in [6.45, 7) is 0.278. The molecule has 1 aliphatic heterocycles. The lowest BCUT2D eigenvalue weighted by Gasteiger charge is -2.41. The number of thiophene rings is 1. The molecule has 0 fully saturated rings. The lowest BCUT2D eigenvalue weighted by atomic mass is 9.80. The lowest BCUT2D eigenvalue weighted by Crippen LogP contribution is -2.48. The van der Waals surface area contributed by atoms with Crippen LogP contribution in [-0.2, 0) is 9.53 Å². The van der Waals surface area contributed by atoms with Gasteiger partial charge in [-0.15, -0.1) is 11.3 Å². The molecule has 1 aromatic heterocycles. The van der Waals surface area contributed by atoms with Crippen LogP contribution in [0, 0.1) is 11.6 Å². The summed E-state index contributed by atoms with van der Waals surface area (Å²) < 4.78 is 40.3. The number of carbonyl (C=O) groups is 2. The van der Waals surface area contributed by atoms with Crippen LogP contribution in [-0.4, -0.2) is 44.1 Å². The molecule has 3 aromatic rings. The van der Waals surface area contributed by atoms with E-state index in [4.69, 9.17) is 9.47 Å². The van der Waals surface area contributed by atoms with Crippen molar-refractivity contribution < 1.29 is 27.8 Å². The fraction of sp³-hybridized carbons (Fsp3) is 0.250. The van der Waals surface area contributed by atoms with Gasteiger partial charge in [0, 0.05) is 35.8 Å². The minimum Gasteiger partial charge on any atom is -0.497 e. The Morgan fingerprint density at radius 1 is 1.12 bits per heavy atom. The van der Waals surface area contributed by atoms with Crippen LogP contribution >= 0.6 is 11.3 Å². The number of rotatable bonds is 7. The van der Waals surface area contributed by atoms with Gasteiger partial charge in [-0.1, -0.05) is 12.1 Å². The maximum atomic E-state index is 15.1. The summed E-state index contributed by atoms with van der Waals surface area (Å²) in [5.41, 5.74) is -0.236. The van der Waals surface area contributed by atoms with Crippen LogP contribution in [0.5, 0.6) is 5.75 Å². The molecule has 0 bridgehead atoms. The molecule has 2 atom stereocenters. The number of halogens is 2. The molecule has 172 valence electrons. The monoisotopic (exact) mass is 472 g/mol. The first-order chi connectivity index (χ1) is 16.0. The number of anilines is 1. The van der Waals surface area contributed by atoms with Crippen LogP contribution in [0.1, 0.15) is 32.8 Å². The third-order valence-corrected chi connectivity index (χ3v) is 6.51. The second-order valence-electron chi connectivity index (χ2n) is 7.47. The Labute approximate surface area is 193 Å². The largest absolute Gasteiger partial charge is 0.497 e. The summed E-state index contributed by atoms with van der Waals surface area (Å²) >= 11 is 1.34. The summed E-state index contributed by atoms with van der Waals surface area (Å²) in [6, 6.07) is 11.3. The number of benzene rings is 2. The highest BCUT2D eigenvalue weighted by atomic mass is 32.1. The normalized spacial score (nSPS) is 17.6. The third-order valence-electron chi connectivity index (χ3n) is 5.57. The van der Waals surface area contributed by atoms with Gasteiger partial charge in [0.1, 0.15) is 17.4 Å².